The molecule has 1 N–H and O–H groups in total. The Bertz CT molecular complexity index is 671. The third-order valence-electron chi connectivity index (χ3n) is 2.42. The summed E-state index contributed by atoms with van der Waals surface area (Å²) >= 11 is 12.0. The van der Waals surface area contributed by atoms with Crippen molar-refractivity contribution in [2.24, 2.45) is 0 Å². The Hall–Kier alpha value is -0.980. The van der Waals surface area contributed by atoms with Crippen molar-refractivity contribution in [2.45, 2.75) is 0 Å². The van der Waals surface area contributed by atoms with Gasteiger partial charge in [-0.2, -0.15) is 0 Å². The Morgan fingerprint density at radius 3 is 2.45 bits per heavy atom. The van der Waals surface area contributed by atoms with Gasteiger partial charge in [-0.25, -0.2) is 8.78 Å². The molecule has 0 bridgehead atoms. The van der Waals surface area contributed by atoms with Crippen LogP contribution in [0.4, 0.5) is 14.5 Å². The van der Waals surface area contributed by atoms with E-state index in [1.54, 1.807) is 6.07 Å². The van der Waals surface area contributed by atoms with Gasteiger partial charge in [-0.1, -0.05) is 27.5 Å². The molecule has 104 valence electrons. The summed E-state index contributed by atoms with van der Waals surface area (Å²) in [5.41, 5.74) is 0.0425. The van der Waals surface area contributed by atoms with Crippen molar-refractivity contribution in [3.05, 3.63) is 61.5 Å². The number of amides is 1. The van der Waals surface area contributed by atoms with E-state index < -0.39 is 17.5 Å². The minimum Gasteiger partial charge on any atom is -0.320 e. The standard InChI is InChI=1S/C13H6Br2ClF2NO/c14-6-1-2-8(11(18)3-6)13(20)19-12-9(15)4-7(17)5-10(12)16/h1-5H,(H,19,20). The fourth-order valence-electron chi connectivity index (χ4n) is 1.52. The smallest absolute Gasteiger partial charge is 0.258 e. The first kappa shape index (κ1) is 15.4. The van der Waals surface area contributed by atoms with E-state index in [1.807, 2.05) is 0 Å². The zero-order valence-electron chi connectivity index (χ0n) is 9.68. The van der Waals surface area contributed by atoms with Crippen LogP contribution in [0.25, 0.3) is 0 Å². The summed E-state index contributed by atoms with van der Waals surface area (Å²) in [5.74, 6) is -1.90. The molecule has 2 nitrogen and oxygen atoms in total. The number of carbonyl (C=O) groups is 1. The van der Waals surface area contributed by atoms with Crippen molar-refractivity contribution in [1.29, 1.82) is 0 Å². The predicted octanol–water partition coefficient (Wildman–Crippen LogP) is 5.40. The summed E-state index contributed by atoms with van der Waals surface area (Å²) in [6, 6.07) is 6.26. The average molecular weight is 425 g/mol. The Morgan fingerprint density at radius 2 is 1.85 bits per heavy atom. The van der Waals surface area contributed by atoms with Crippen molar-refractivity contribution in [3.63, 3.8) is 0 Å². The maximum absolute atomic E-state index is 13.7. The van der Waals surface area contributed by atoms with E-state index in [1.165, 1.54) is 12.1 Å². The number of hydrogen-bond donors (Lipinski definition) is 1. The van der Waals surface area contributed by atoms with E-state index in [9.17, 15) is 13.6 Å². The van der Waals surface area contributed by atoms with Crippen LogP contribution in [0.15, 0.2) is 39.3 Å². The molecule has 2 aromatic carbocycles. The number of benzene rings is 2. The van der Waals surface area contributed by atoms with Gasteiger partial charge >= 0.3 is 0 Å². The summed E-state index contributed by atoms with van der Waals surface area (Å²) < 4.78 is 27.6. The Kier molecular flexibility index (Phi) is 4.78. The summed E-state index contributed by atoms with van der Waals surface area (Å²) in [5, 5.41) is 2.46. The van der Waals surface area contributed by atoms with Gasteiger partial charge in [0.1, 0.15) is 11.6 Å². The van der Waals surface area contributed by atoms with E-state index in [0.717, 1.165) is 12.1 Å². The van der Waals surface area contributed by atoms with Crippen molar-refractivity contribution in [1.82, 2.24) is 0 Å². The number of nitrogens with one attached hydrogen (secondary N) is 1. The fraction of sp³-hybridized carbons (Fsp3) is 0. The topological polar surface area (TPSA) is 29.1 Å². The molecular weight excluding hydrogens is 419 g/mol. The summed E-state index contributed by atoms with van der Waals surface area (Å²) in [6.07, 6.45) is 0. The molecule has 0 aliphatic carbocycles. The molecule has 7 heteroatoms. The number of hydrogen-bond acceptors (Lipinski definition) is 1. The van der Waals surface area contributed by atoms with Gasteiger partial charge < -0.3 is 5.32 Å². The Labute approximate surface area is 135 Å². The summed E-state index contributed by atoms with van der Waals surface area (Å²) in [7, 11) is 0. The molecule has 0 heterocycles. The van der Waals surface area contributed by atoms with E-state index in [-0.39, 0.29) is 20.7 Å². The molecule has 0 aliphatic heterocycles. The molecule has 0 aromatic heterocycles. The number of halogens is 5. The van der Waals surface area contributed by atoms with E-state index >= 15 is 0 Å². The van der Waals surface area contributed by atoms with Gasteiger partial charge in [0.05, 0.1) is 16.3 Å². The molecule has 2 rings (SSSR count). The molecule has 2 aromatic rings. The molecule has 0 saturated carbocycles. The van der Waals surface area contributed by atoms with Crippen LogP contribution in [-0.2, 0) is 0 Å². The SMILES string of the molecule is O=C(Nc1c(Cl)cc(F)cc1Br)c1ccc(Br)cc1F. The predicted molar refractivity (Wildman–Crippen MR) is 81.2 cm³/mol. The number of rotatable bonds is 2. The largest absolute Gasteiger partial charge is 0.320 e. The number of anilines is 1. The van der Waals surface area contributed by atoms with Gasteiger partial charge in [0.25, 0.3) is 5.91 Å². The highest BCUT2D eigenvalue weighted by Crippen LogP contribution is 2.32. The van der Waals surface area contributed by atoms with Crippen molar-refractivity contribution < 1.29 is 13.6 Å². The lowest BCUT2D eigenvalue weighted by atomic mass is 10.2. The fourth-order valence-corrected chi connectivity index (χ4v) is 2.75. The highest BCUT2D eigenvalue weighted by atomic mass is 79.9. The van der Waals surface area contributed by atoms with Crippen molar-refractivity contribution in [3.8, 4) is 0 Å². The Balaban J connectivity index is 2.33. The van der Waals surface area contributed by atoms with Gasteiger partial charge in [0.15, 0.2) is 0 Å². The van der Waals surface area contributed by atoms with Crippen LogP contribution in [-0.4, -0.2) is 5.91 Å². The third kappa shape index (κ3) is 3.37. The van der Waals surface area contributed by atoms with Crippen molar-refractivity contribution >= 4 is 55.1 Å². The lowest BCUT2D eigenvalue weighted by molar-refractivity contribution is 0.102. The molecule has 20 heavy (non-hydrogen) atoms. The van der Waals surface area contributed by atoms with Gasteiger partial charge in [-0.3, -0.25) is 4.79 Å². The van der Waals surface area contributed by atoms with Gasteiger partial charge in [0.2, 0.25) is 0 Å². The van der Waals surface area contributed by atoms with Crippen LogP contribution < -0.4 is 5.32 Å². The second-order valence-corrected chi connectivity index (χ2v) is 6.00. The second kappa shape index (κ2) is 6.20. The first-order valence-corrected chi connectivity index (χ1v) is 7.26. The first-order valence-electron chi connectivity index (χ1n) is 5.29. The van der Waals surface area contributed by atoms with Gasteiger partial charge in [0, 0.05) is 8.95 Å². The molecule has 0 spiro atoms. The van der Waals surface area contributed by atoms with Crippen LogP contribution in [0.5, 0.6) is 0 Å². The maximum Gasteiger partial charge on any atom is 0.258 e. The summed E-state index contributed by atoms with van der Waals surface area (Å²) in [6.45, 7) is 0. The van der Waals surface area contributed by atoms with Gasteiger partial charge in [-0.15, -0.1) is 0 Å². The van der Waals surface area contributed by atoms with Crippen LogP contribution in [0.1, 0.15) is 10.4 Å². The lowest BCUT2D eigenvalue weighted by Crippen LogP contribution is -2.14. The Morgan fingerprint density at radius 1 is 1.15 bits per heavy atom. The molecule has 0 radical (unpaired) electrons. The zero-order chi connectivity index (χ0) is 14.9. The maximum atomic E-state index is 13.7. The normalized spacial score (nSPS) is 10.4. The molecule has 0 saturated heterocycles. The molecular formula is C13H6Br2ClF2NO. The molecule has 0 atom stereocenters. The van der Waals surface area contributed by atoms with E-state index in [2.05, 4.69) is 37.2 Å². The second-order valence-electron chi connectivity index (χ2n) is 3.82. The van der Waals surface area contributed by atoms with Crippen LogP contribution in [0, 0.1) is 11.6 Å². The molecule has 0 unspecified atom stereocenters. The zero-order valence-corrected chi connectivity index (χ0v) is 13.6. The highest BCUT2D eigenvalue weighted by molar-refractivity contribution is 9.10. The molecule has 0 aliphatic rings. The minimum atomic E-state index is -0.677. The number of carbonyl (C=O) groups excluding carboxylic acids is 1. The van der Waals surface area contributed by atoms with Crippen LogP contribution in [0.2, 0.25) is 5.02 Å². The minimum absolute atomic E-state index is 0.0164. The van der Waals surface area contributed by atoms with E-state index in [0.29, 0.717) is 4.47 Å². The first-order chi connectivity index (χ1) is 9.38. The molecule has 1 amide bonds. The van der Waals surface area contributed by atoms with Crippen molar-refractivity contribution in [2.75, 3.05) is 5.32 Å². The third-order valence-corrected chi connectivity index (χ3v) is 3.84. The van der Waals surface area contributed by atoms with Crippen LogP contribution in [0.3, 0.4) is 0 Å². The van der Waals surface area contributed by atoms with Crippen LogP contribution >= 0.6 is 43.5 Å². The monoisotopic (exact) mass is 423 g/mol. The van der Waals surface area contributed by atoms with Gasteiger partial charge in [-0.05, 0) is 46.3 Å². The lowest BCUT2D eigenvalue weighted by Gasteiger charge is -2.10. The van der Waals surface area contributed by atoms with E-state index in [4.69, 9.17) is 11.6 Å². The summed E-state index contributed by atoms with van der Waals surface area (Å²) in [4.78, 5) is 12.0. The average Bonchev–Trinajstić information content (AvgIpc) is 2.33. The molecule has 0 fully saturated rings. The highest BCUT2D eigenvalue weighted by Gasteiger charge is 2.16. The quantitative estimate of drug-likeness (QED) is 0.686.